The van der Waals surface area contributed by atoms with Gasteiger partial charge in [0.05, 0.1) is 11.5 Å². The summed E-state index contributed by atoms with van der Waals surface area (Å²) in [6.45, 7) is 1.07. The number of aldehydes is 1. The third-order valence-corrected chi connectivity index (χ3v) is 2.03. The van der Waals surface area contributed by atoms with Gasteiger partial charge in [-0.1, -0.05) is 0 Å². The molecule has 1 N–H and O–H groups in total. The molecular formula is C11H11NO7. The molecule has 0 fully saturated rings. The fourth-order valence-corrected chi connectivity index (χ4v) is 1.35. The number of aliphatic carboxylic acids is 1. The van der Waals surface area contributed by atoms with E-state index in [0.717, 1.165) is 6.07 Å². The van der Waals surface area contributed by atoms with Gasteiger partial charge < -0.3 is 14.6 Å². The van der Waals surface area contributed by atoms with Gasteiger partial charge in [0.25, 0.3) is 0 Å². The first-order valence-electron chi connectivity index (χ1n) is 5.24. The molecule has 0 aromatic heterocycles. The van der Waals surface area contributed by atoms with Crippen molar-refractivity contribution in [1.82, 2.24) is 0 Å². The number of ether oxygens (including phenoxy) is 2. The predicted octanol–water partition coefficient (Wildman–Crippen LogP) is 1.27. The average Bonchev–Trinajstić information content (AvgIpc) is 2.36. The Balaban J connectivity index is 3.30. The van der Waals surface area contributed by atoms with Crippen LogP contribution >= 0.6 is 0 Å². The van der Waals surface area contributed by atoms with Crippen molar-refractivity contribution in [3.05, 3.63) is 27.8 Å². The van der Waals surface area contributed by atoms with E-state index in [1.807, 2.05) is 0 Å². The lowest BCUT2D eigenvalue weighted by Crippen LogP contribution is -2.12. The molecular weight excluding hydrogens is 258 g/mol. The number of nitrogens with zero attached hydrogens (tertiary/aromatic N) is 1. The van der Waals surface area contributed by atoms with Crippen molar-refractivity contribution >= 4 is 17.9 Å². The van der Waals surface area contributed by atoms with Crippen LogP contribution in [0.3, 0.4) is 0 Å². The second-order valence-electron chi connectivity index (χ2n) is 3.36. The lowest BCUT2D eigenvalue weighted by molar-refractivity contribution is -0.385. The highest BCUT2D eigenvalue weighted by Crippen LogP contribution is 2.38. The third-order valence-electron chi connectivity index (χ3n) is 2.03. The van der Waals surface area contributed by atoms with Gasteiger partial charge in [-0.3, -0.25) is 14.9 Å². The summed E-state index contributed by atoms with van der Waals surface area (Å²) in [5, 5.41) is 19.4. The molecule has 0 heterocycles. The van der Waals surface area contributed by atoms with E-state index in [-0.39, 0.29) is 23.7 Å². The van der Waals surface area contributed by atoms with Crippen LogP contribution in [0.2, 0.25) is 0 Å². The van der Waals surface area contributed by atoms with Crippen LogP contribution in [-0.4, -0.2) is 35.5 Å². The minimum absolute atomic E-state index is 0.0397. The zero-order chi connectivity index (χ0) is 14.4. The Morgan fingerprint density at radius 1 is 1.47 bits per heavy atom. The van der Waals surface area contributed by atoms with Crippen molar-refractivity contribution < 1.29 is 29.1 Å². The van der Waals surface area contributed by atoms with Gasteiger partial charge in [0.1, 0.15) is 6.29 Å². The molecule has 1 aromatic rings. The zero-order valence-corrected chi connectivity index (χ0v) is 9.99. The number of carboxylic acids is 1. The van der Waals surface area contributed by atoms with Crippen LogP contribution in [0.4, 0.5) is 5.69 Å². The van der Waals surface area contributed by atoms with E-state index in [0.29, 0.717) is 6.29 Å². The van der Waals surface area contributed by atoms with Gasteiger partial charge in [0.15, 0.2) is 12.4 Å². The summed E-state index contributed by atoms with van der Waals surface area (Å²) in [4.78, 5) is 31.3. The summed E-state index contributed by atoms with van der Waals surface area (Å²) < 4.78 is 9.98. The summed E-state index contributed by atoms with van der Waals surface area (Å²) in [5.74, 6) is -1.63. The summed E-state index contributed by atoms with van der Waals surface area (Å²) in [5.41, 5.74) is -0.480. The molecule has 0 aliphatic carbocycles. The van der Waals surface area contributed by atoms with Crippen molar-refractivity contribution in [3.8, 4) is 11.5 Å². The molecule has 0 aliphatic heterocycles. The SMILES string of the molecule is CCOc1cc(C=O)cc([N+](=O)[O-])c1OCC(=O)O. The van der Waals surface area contributed by atoms with E-state index in [9.17, 15) is 19.7 Å². The molecule has 1 rings (SSSR count). The number of hydrogen-bond acceptors (Lipinski definition) is 6. The van der Waals surface area contributed by atoms with E-state index in [2.05, 4.69) is 0 Å². The first kappa shape index (κ1) is 14.4. The van der Waals surface area contributed by atoms with Crippen LogP contribution in [0, 0.1) is 10.1 Å². The van der Waals surface area contributed by atoms with Gasteiger partial charge in [-0.2, -0.15) is 0 Å². The third kappa shape index (κ3) is 3.66. The maximum absolute atomic E-state index is 10.9. The Morgan fingerprint density at radius 2 is 2.16 bits per heavy atom. The highest BCUT2D eigenvalue weighted by molar-refractivity contribution is 5.79. The first-order valence-corrected chi connectivity index (χ1v) is 5.24. The molecule has 0 saturated heterocycles. The van der Waals surface area contributed by atoms with Gasteiger partial charge in [-0.25, -0.2) is 4.79 Å². The molecule has 1 aromatic carbocycles. The molecule has 0 amide bonds. The largest absolute Gasteiger partial charge is 0.490 e. The fraction of sp³-hybridized carbons (Fsp3) is 0.273. The Labute approximate surface area is 107 Å². The maximum Gasteiger partial charge on any atom is 0.341 e. The van der Waals surface area contributed by atoms with Crippen LogP contribution in [0.25, 0.3) is 0 Å². The number of nitro benzene ring substituents is 1. The van der Waals surface area contributed by atoms with Crippen LogP contribution in [0.15, 0.2) is 12.1 Å². The second-order valence-corrected chi connectivity index (χ2v) is 3.36. The molecule has 0 spiro atoms. The van der Waals surface area contributed by atoms with E-state index in [1.165, 1.54) is 6.07 Å². The number of carbonyl (C=O) groups excluding carboxylic acids is 1. The van der Waals surface area contributed by atoms with Gasteiger partial charge in [0, 0.05) is 11.6 Å². The number of nitro groups is 1. The molecule has 19 heavy (non-hydrogen) atoms. The molecule has 8 nitrogen and oxygen atoms in total. The van der Waals surface area contributed by atoms with E-state index in [4.69, 9.17) is 14.6 Å². The van der Waals surface area contributed by atoms with Crippen LogP contribution in [0.5, 0.6) is 11.5 Å². The van der Waals surface area contributed by atoms with E-state index in [1.54, 1.807) is 6.92 Å². The maximum atomic E-state index is 10.9. The topological polar surface area (TPSA) is 116 Å². The van der Waals surface area contributed by atoms with E-state index < -0.39 is 23.2 Å². The van der Waals surface area contributed by atoms with Gasteiger partial charge in [-0.15, -0.1) is 0 Å². The lowest BCUT2D eigenvalue weighted by Gasteiger charge is -2.11. The minimum Gasteiger partial charge on any atom is -0.490 e. The highest BCUT2D eigenvalue weighted by atomic mass is 16.6. The summed E-state index contributed by atoms with van der Waals surface area (Å²) in [6.07, 6.45) is 0.427. The van der Waals surface area contributed by atoms with Crippen LogP contribution in [0.1, 0.15) is 17.3 Å². The van der Waals surface area contributed by atoms with Crippen molar-refractivity contribution in [1.29, 1.82) is 0 Å². The molecule has 0 atom stereocenters. The monoisotopic (exact) mass is 269 g/mol. The molecule has 102 valence electrons. The number of hydrogen-bond donors (Lipinski definition) is 1. The summed E-state index contributed by atoms with van der Waals surface area (Å²) >= 11 is 0. The van der Waals surface area contributed by atoms with E-state index >= 15 is 0 Å². The summed E-state index contributed by atoms with van der Waals surface area (Å²) in [7, 11) is 0. The Hall–Kier alpha value is -2.64. The molecule has 0 radical (unpaired) electrons. The first-order chi connectivity index (χ1) is 8.99. The Morgan fingerprint density at radius 3 is 2.63 bits per heavy atom. The minimum atomic E-state index is -1.28. The lowest BCUT2D eigenvalue weighted by atomic mass is 10.2. The van der Waals surface area contributed by atoms with Crippen LogP contribution in [-0.2, 0) is 4.79 Å². The highest BCUT2D eigenvalue weighted by Gasteiger charge is 2.23. The second kappa shape index (κ2) is 6.34. The smallest absolute Gasteiger partial charge is 0.341 e. The van der Waals surface area contributed by atoms with Gasteiger partial charge in [-0.05, 0) is 13.0 Å². The standard InChI is InChI=1S/C11H11NO7/c1-2-18-9-4-7(5-13)3-8(12(16)17)11(9)19-6-10(14)15/h3-5H,2,6H2,1H3,(H,14,15). The average molecular weight is 269 g/mol. The quantitative estimate of drug-likeness (QED) is 0.450. The number of benzene rings is 1. The number of carbonyl (C=O) groups is 2. The van der Waals surface area contributed by atoms with Gasteiger partial charge in [0.2, 0.25) is 5.75 Å². The van der Waals surface area contributed by atoms with Gasteiger partial charge >= 0.3 is 11.7 Å². The number of carboxylic acid groups (broad SMARTS) is 1. The molecule has 0 bridgehead atoms. The summed E-state index contributed by atoms with van der Waals surface area (Å²) in [6, 6.07) is 2.24. The van der Waals surface area contributed by atoms with Crippen molar-refractivity contribution in [2.75, 3.05) is 13.2 Å². The zero-order valence-electron chi connectivity index (χ0n) is 9.99. The van der Waals surface area contributed by atoms with Crippen LogP contribution < -0.4 is 9.47 Å². The Bertz CT molecular complexity index is 512. The predicted molar refractivity (Wildman–Crippen MR) is 62.8 cm³/mol. The number of rotatable bonds is 7. The molecule has 0 aliphatic rings. The molecule has 8 heteroatoms. The van der Waals surface area contributed by atoms with Crippen molar-refractivity contribution in [3.63, 3.8) is 0 Å². The normalized spacial score (nSPS) is 9.74. The fourth-order valence-electron chi connectivity index (χ4n) is 1.35. The Kier molecular flexibility index (Phi) is 4.81. The van der Waals surface area contributed by atoms with Crippen molar-refractivity contribution in [2.24, 2.45) is 0 Å². The molecule has 0 saturated carbocycles. The van der Waals surface area contributed by atoms with Crippen molar-refractivity contribution in [2.45, 2.75) is 6.92 Å². The molecule has 0 unspecified atom stereocenters.